The zero-order valence-electron chi connectivity index (χ0n) is 13.7. The molecule has 3 nitrogen and oxygen atoms in total. The number of carbonyl (C=O) groups is 1. The minimum Gasteiger partial charge on any atom is -0.493 e. The van der Waals surface area contributed by atoms with Crippen molar-refractivity contribution in [2.45, 2.75) is 54.6 Å². The Bertz CT molecular complexity index is 482. The molecule has 0 saturated carbocycles. The lowest BCUT2D eigenvalue weighted by Gasteiger charge is -2.22. The molecule has 3 heteroatoms. The third-order valence-corrected chi connectivity index (χ3v) is 2.93. The van der Waals surface area contributed by atoms with Crippen LogP contribution in [0, 0.1) is 12.3 Å². The molecule has 1 rings (SSSR count). The first kappa shape index (κ1) is 16.5. The van der Waals surface area contributed by atoms with Gasteiger partial charge in [-0.15, -0.1) is 0 Å². The second kappa shape index (κ2) is 6.29. The van der Waals surface area contributed by atoms with Gasteiger partial charge in [0.05, 0.1) is 18.3 Å². The summed E-state index contributed by atoms with van der Waals surface area (Å²) in [4.78, 5) is 12.5. The summed E-state index contributed by atoms with van der Waals surface area (Å²) in [7, 11) is 0. The Hall–Kier alpha value is -1.51. The summed E-state index contributed by atoms with van der Waals surface area (Å²) in [5.41, 5.74) is 1.09. The van der Waals surface area contributed by atoms with Crippen molar-refractivity contribution in [3.05, 3.63) is 23.3 Å². The van der Waals surface area contributed by atoms with Crippen LogP contribution in [0.4, 0.5) is 0 Å². The van der Waals surface area contributed by atoms with Crippen molar-refractivity contribution in [3.8, 4) is 11.5 Å². The van der Waals surface area contributed by atoms with E-state index in [1.807, 2.05) is 60.6 Å². The van der Waals surface area contributed by atoms with Gasteiger partial charge in [0.25, 0.3) is 0 Å². The summed E-state index contributed by atoms with van der Waals surface area (Å²) in [6.45, 7) is 14.1. The van der Waals surface area contributed by atoms with E-state index in [4.69, 9.17) is 9.47 Å². The SMILES string of the molecule is CCOc1c(C(=O)C(C)(C)C)ccc(OC(C)C)c1C. The molecular formula is C17H26O3. The molecule has 112 valence electrons. The second-order valence-electron chi connectivity index (χ2n) is 6.24. The first-order chi connectivity index (χ1) is 9.18. The van der Waals surface area contributed by atoms with E-state index in [1.165, 1.54) is 0 Å². The summed E-state index contributed by atoms with van der Waals surface area (Å²) in [6.07, 6.45) is 0.0901. The average molecular weight is 278 g/mol. The van der Waals surface area contributed by atoms with Gasteiger partial charge in [0.15, 0.2) is 5.78 Å². The van der Waals surface area contributed by atoms with Crippen LogP contribution in [0.2, 0.25) is 0 Å². The highest BCUT2D eigenvalue weighted by molar-refractivity contribution is 6.02. The lowest BCUT2D eigenvalue weighted by Crippen LogP contribution is -2.21. The van der Waals surface area contributed by atoms with Gasteiger partial charge in [0, 0.05) is 11.0 Å². The van der Waals surface area contributed by atoms with Crippen LogP contribution in [0.3, 0.4) is 0 Å². The van der Waals surface area contributed by atoms with Crippen LogP contribution < -0.4 is 9.47 Å². The molecule has 0 aliphatic carbocycles. The number of ether oxygens (including phenoxy) is 2. The van der Waals surface area contributed by atoms with Crippen LogP contribution in [-0.4, -0.2) is 18.5 Å². The molecule has 0 bridgehead atoms. The Kier molecular flexibility index (Phi) is 5.21. The highest BCUT2D eigenvalue weighted by Crippen LogP contribution is 2.35. The number of ketones is 1. The number of rotatable bonds is 5. The highest BCUT2D eigenvalue weighted by Gasteiger charge is 2.27. The zero-order valence-corrected chi connectivity index (χ0v) is 13.7. The third-order valence-electron chi connectivity index (χ3n) is 2.93. The smallest absolute Gasteiger partial charge is 0.171 e. The monoisotopic (exact) mass is 278 g/mol. The molecule has 0 spiro atoms. The van der Waals surface area contributed by atoms with Crippen molar-refractivity contribution in [2.24, 2.45) is 5.41 Å². The maximum Gasteiger partial charge on any atom is 0.171 e. The third kappa shape index (κ3) is 3.75. The van der Waals surface area contributed by atoms with E-state index in [0.29, 0.717) is 17.9 Å². The predicted molar refractivity (Wildman–Crippen MR) is 81.9 cm³/mol. The molecule has 0 unspecified atom stereocenters. The Morgan fingerprint density at radius 1 is 1.25 bits per heavy atom. The minimum atomic E-state index is -0.432. The van der Waals surface area contributed by atoms with Gasteiger partial charge in [-0.2, -0.15) is 0 Å². The van der Waals surface area contributed by atoms with Crippen molar-refractivity contribution in [3.63, 3.8) is 0 Å². The molecule has 1 aromatic carbocycles. The molecule has 0 amide bonds. The standard InChI is InChI=1S/C17H26O3/c1-8-19-15-12(4)14(20-11(2)3)10-9-13(15)16(18)17(5,6)7/h9-11H,8H2,1-7H3. The van der Waals surface area contributed by atoms with E-state index in [2.05, 4.69) is 0 Å². The number of hydrogen-bond donors (Lipinski definition) is 0. The number of carbonyl (C=O) groups excluding carboxylic acids is 1. The molecule has 20 heavy (non-hydrogen) atoms. The van der Waals surface area contributed by atoms with Crippen LogP contribution in [0.15, 0.2) is 12.1 Å². The highest BCUT2D eigenvalue weighted by atomic mass is 16.5. The van der Waals surface area contributed by atoms with Gasteiger partial charge in [-0.05, 0) is 39.8 Å². The molecule has 0 fully saturated rings. The van der Waals surface area contributed by atoms with Crippen molar-refractivity contribution < 1.29 is 14.3 Å². The average Bonchev–Trinajstić information content (AvgIpc) is 2.32. The van der Waals surface area contributed by atoms with Crippen LogP contribution in [0.25, 0.3) is 0 Å². The molecular weight excluding hydrogens is 252 g/mol. The maximum atomic E-state index is 12.5. The molecule has 0 atom stereocenters. The second-order valence-corrected chi connectivity index (χ2v) is 6.24. The van der Waals surface area contributed by atoms with Gasteiger partial charge in [-0.25, -0.2) is 0 Å². The molecule has 0 aliphatic rings. The van der Waals surface area contributed by atoms with E-state index in [1.54, 1.807) is 0 Å². The topological polar surface area (TPSA) is 35.5 Å². The molecule has 0 radical (unpaired) electrons. The summed E-state index contributed by atoms with van der Waals surface area (Å²) >= 11 is 0. The van der Waals surface area contributed by atoms with Gasteiger partial charge in [-0.1, -0.05) is 20.8 Å². The van der Waals surface area contributed by atoms with E-state index >= 15 is 0 Å². The summed E-state index contributed by atoms with van der Waals surface area (Å²) in [5.74, 6) is 1.50. The molecule has 0 aliphatic heterocycles. The molecule has 0 saturated heterocycles. The largest absolute Gasteiger partial charge is 0.493 e. The van der Waals surface area contributed by atoms with Gasteiger partial charge in [-0.3, -0.25) is 4.79 Å². The van der Waals surface area contributed by atoms with Crippen molar-refractivity contribution in [2.75, 3.05) is 6.61 Å². The first-order valence-corrected chi connectivity index (χ1v) is 7.16. The first-order valence-electron chi connectivity index (χ1n) is 7.16. The lowest BCUT2D eigenvalue weighted by atomic mass is 9.85. The summed E-state index contributed by atoms with van der Waals surface area (Å²) in [6, 6.07) is 3.67. The van der Waals surface area contributed by atoms with Gasteiger partial charge < -0.3 is 9.47 Å². The zero-order chi connectivity index (χ0) is 15.5. The Balaban J connectivity index is 3.33. The number of Topliss-reactive ketones (excluding diaryl/α,β-unsaturated/α-hetero) is 1. The molecule has 0 N–H and O–H groups in total. The Morgan fingerprint density at radius 3 is 2.30 bits per heavy atom. The van der Waals surface area contributed by atoms with E-state index in [9.17, 15) is 4.79 Å². The maximum absolute atomic E-state index is 12.5. The van der Waals surface area contributed by atoms with E-state index in [0.717, 1.165) is 11.3 Å². The van der Waals surface area contributed by atoms with Gasteiger partial charge in [0.2, 0.25) is 0 Å². The number of benzene rings is 1. The number of hydrogen-bond acceptors (Lipinski definition) is 3. The fourth-order valence-corrected chi connectivity index (χ4v) is 1.97. The van der Waals surface area contributed by atoms with Gasteiger partial charge >= 0.3 is 0 Å². The van der Waals surface area contributed by atoms with Crippen LogP contribution >= 0.6 is 0 Å². The van der Waals surface area contributed by atoms with E-state index in [-0.39, 0.29) is 11.9 Å². The minimum absolute atomic E-state index is 0.0835. The summed E-state index contributed by atoms with van der Waals surface area (Å²) in [5, 5.41) is 0. The van der Waals surface area contributed by atoms with Crippen molar-refractivity contribution in [1.82, 2.24) is 0 Å². The van der Waals surface area contributed by atoms with Gasteiger partial charge in [0.1, 0.15) is 11.5 Å². The lowest BCUT2D eigenvalue weighted by molar-refractivity contribution is 0.0854. The van der Waals surface area contributed by atoms with Crippen LogP contribution in [0.5, 0.6) is 11.5 Å². The van der Waals surface area contributed by atoms with Crippen LogP contribution in [-0.2, 0) is 0 Å². The van der Waals surface area contributed by atoms with Crippen molar-refractivity contribution >= 4 is 5.78 Å². The summed E-state index contributed by atoms with van der Waals surface area (Å²) < 4.78 is 11.5. The van der Waals surface area contributed by atoms with E-state index < -0.39 is 5.41 Å². The molecule has 0 aromatic heterocycles. The van der Waals surface area contributed by atoms with Crippen molar-refractivity contribution in [1.29, 1.82) is 0 Å². The Morgan fingerprint density at radius 2 is 1.85 bits per heavy atom. The fourth-order valence-electron chi connectivity index (χ4n) is 1.97. The molecule has 1 aromatic rings. The quantitative estimate of drug-likeness (QED) is 0.748. The predicted octanol–water partition coefficient (Wildman–Crippen LogP) is 4.41. The normalized spacial score (nSPS) is 11.6. The fraction of sp³-hybridized carbons (Fsp3) is 0.588. The Labute approximate surface area is 122 Å². The van der Waals surface area contributed by atoms with Crippen LogP contribution in [0.1, 0.15) is 57.5 Å². The molecule has 0 heterocycles.